The van der Waals surface area contributed by atoms with Gasteiger partial charge in [0.2, 0.25) is 12.2 Å². The lowest BCUT2D eigenvalue weighted by Crippen LogP contribution is -2.55. The minimum Gasteiger partial charge on any atom is -0.485 e. The number of carbonyl (C=O) groups is 2. The number of hydrogen-bond donors (Lipinski definition) is 2. The third kappa shape index (κ3) is 3.21. The smallest absolute Gasteiger partial charge is 0.283 e. The lowest BCUT2D eigenvalue weighted by molar-refractivity contribution is -0.138. The van der Waals surface area contributed by atoms with Gasteiger partial charge in [-0.3, -0.25) is 20.4 Å². The Bertz CT molecular complexity index is 770. The Morgan fingerprint density at radius 1 is 0.692 bits per heavy atom. The van der Waals surface area contributed by atoms with E-state index in [0.29, 0.717) is 23.0 Å². The molecule has 8 nitrogen and oxygen atoms in total. The molecule has 0 spiro atoms. The maximum Gasteiger partial charge on any atom is 0.283 e. The average molecular weight is 356 g/mol. The van der Waals surface area contributed by atoms with Gasteiger partial charge in [-0.25, -0.2) is 0 Å². The third-order valence-electron chi connectivity index (χ3n) is 3.91. The lowest BCUT2D eigenvalue weighted by Gasteiger charge is -2.27. The van der Waals surface area contributed by atoms with E-state index in [0.717, 1.165) is 0 Å². The number of hydrazine groups is 1. The maximum absolute atomic E-state index is 12.2. The Morgan fingerprint density at radius 3 is 1.50 bits per heavy atom. The summed E-state index contributed by atoms with van der Waals surface area (Å²) in [4.78, 5) is 24.4. The second kappa shape index (κ2) is 6.83. The standard InChI is InChI=1S/C18H16N2O6/c21-17(15-9-23-11-5-1-3-7-13(11)25-15)19-20-18(22)16-10-24-12-6-2-4-8-14(12)26-16/h1-8,15-16H,9-10H2,(H,19,21)(H,20,22). The summed E-state index contributed by atoms with van der Waals surface area (Å²) in [6.07, 6.45) is -1.73. The summed E-state index contributed by atoms with van der Waals surface area (Å²) in [6, 6.07) is 14.1. The molecule has 2 aliphatic rings. The van der Waals surface area contributed by atoms with Crippen molar-refractivity contribution in [2.24, 2.45) is 0 Å². The number of rotatable bonds is 2. The van der Waals surface area contributed by atoms with Gasteiger partial charge in [-0.05, 0) is 24.3 Å². The fraction of sp³-hybridized carbons (Fsp3) is 0.222. The predicted molar refractivity (Wildman–Crippen MR) is 89.0 cm³/mol. The van der Waals surface area contributed by atoms with E-state index in [1.165, 1.54) is 0 Å². The van der Waals surface area contributed by atoms with Gasteiger partial charge in [-0.15, -0.1) is 0 Å². The summed E-state index contributed by atoms with van der Waals surface area (Å²) in [5.41, 5.74) is 4.65. The molecule has 0 saturated carbocycles. The van der Waals surface area contributed by atoms with Crippen LogP contribution < -0.4 is 29.8 Å². The zero-order valence-corrected chi connectivity index (χ0v) is 13.6. The molecule has 2 aliphatic heterocycles. The molecule has 2 heterocycles. The molecule has 2 amide bonds. The van der Waals surface area contributed by atoms with E-state index < -0.39 is 24.0 Å². The van der Waals surface area contributed by atoms with Gasteiger partial charge in [-0.1, -0.05) is 24.3 Å². The highest BCUT2D eigenvalue weighted by Crippen LogP contribution is 2.31. The topological polar surface area (TPSA) is 95.1 Å². The largest absolute Gasteiger partial charge is 0.485 e. The molecule has 2 N–H and O–H groups in total. The van der Waals surface area contributed by atoms with Crippen LogP contribution in [0.1, 0.15) is 0 Å². The van der Waals surface area contributed by atoms with E-state index in [1.54, 1.807) is 36.4 Å². The molecule has 2 unspecified atom stereocenters. The summed E-state index contributed by atoms with van der Waals surface area (Å²) in [7, 11) is 0. The Balaban J connectivity index is 1.30. The van der Waals surface area contributed by atoms with Crippen LogP contribution in [-0.4, -0.2) is 37.2 Å². The highest BCUT2D eigenvalue weighted by Gasteiger charge is 2.30. The molecular formula is C18H16N2O6. The first-order chi connectivity index (χ1) is 12.7. The van der Waals surface area contributed by atoms with Gasteiger partial charge in [0.25, 0.3) is 11.8 Å². The zero-order valence-electron chi connectivity index (χ0n) is 13.6. The summed E-state index contributed by atoms with van der Waals surface area (Å²) in [5.74, 6) is 1.06. The SMILES string of the molecule is O=C(NNC(=O)C1COc2ccccc2O1)C1COc2ccccc2O1. The molecule has 0 aliphatic carbocycles. The van der Waals surface area contributed by atoms with Crippen LogP contribution in [0, 0.1) is 0 Å². The minimum atomic E-state index is -0.866. The number of benzene rings is 2. The van der Waals surface area contributed by atoms with Gasteiger partial charge in [0, 0.05) is 0 Å². The van der Waals surface area contributed by atoms with Crippen molar-refractivity contribution in [3.8, 4) is 23.0 Å². The lowest BCUT2D eigenvalue weighted by atomic mass is 10.2. The van der Waals surface area contributed by atoms with E-state index in [2.05, 4.69) is 10.9 Å². The molecule has 2 aromatic rings. The van der Waals surface area contributed by atoms with E-state index in [9.17, 15) is 9.59 Å². The summed E-state index contributed by atoms with van der Waals surface area (Å²) in [5, 5.41) is 0. The Kier molecular flexibility index (Phi) is 4.22. The van der Waals surface area contributed by atoms with E-state index in [-0.39, 0.29) is 13.2 Å². The van der Waals surface area contributed by atoms with Gasteiger partial charge >= 0.3 is 0 Å². The van der Waals surface area contributed by atoms with Crippen molar-refractivity contribution in [1.29, 1.82) is 0 Å². The molecule has 26 heavy (non-hydrogen) atoms. The molecule has 2 aromatic carbocycles. The number of para-hydroxylation sites is 4. The van der Waals surface area contributed by atoms with E-state index in [4.69, 9.17) is 18.9 Å². The summed E-state index contributed by atoms with van der Waals surface area (Å²) >= 11 is 0. The van der Waals surface area contributed by atoms with Gasteiger partial charge in [0.15, 0.2) is 23.0 Å². The van der Waals surface area contributed by atoms with Crippen LogP contribution in [0.15, 0.2) is 48.5 Å². The zero-order chi connectivity index (χ0) is 17.9. The fourth-order valence-electron chi connectivity index (χ4n) is 2.58. The van der Waals surface area contributed by atoms with E-state index >= 15 is 0 Å². The predicted octanol–water partition coefficient (Wildman–Crippen LogP) is 0.814. The maximum atomic E-state index is 12.2. The van der Waals surface area contributed by atoms with Crippen LogP contribution in [0.5, 0.6) is 23.0 Å². The molecule has 8 heteroatoms. The van der Waals surface area contributed by atoms with Crippen molar-refractivity contribution in [1.82, 2.24) is 10.9 Å². The Labute approximate surface area is 149 Å². The van der Waals surface area contributed by atoms with E-state index in [1.807, 2.05) is 12.1 Å². The van der Waals surface area contributed by atoms with Gasteiger partial charge in [-0.2, -0.15) is 0 Å². The van der Waals surface area contributed by atoms with Crippen molar-refractivity contribution in [3.05, 3.63) is 48.5 Å². The number of nitrogens with one attached hydrogen (secondary N) is 2. The first kappa shape index (κ1) is 16.1. The molecular weight excluding hydrogens is 340 g/mol. The number of amides is 2. The van der Waals surface area contributed by atoms with Gasteiger partial charge in [0.1, 0.15) is 13.2 Å². The number of hydrogen-bond acceptors (Lipinski definition) is 6. The number of fused-ring (bicyclic) bond motifs is 2. The summed E-state index contributed by atoms with van der Waals surface area (Å²) < 4.78 is 22.1. The Hall–Kier alpha value is -3.42. The normalized spacial score (nSPS) is 20.0. The van der Waals surface area contributed by atoms with Crippen molar-refractivity contribution in [3.63, 3.8) is 0 Å². The molecule has 0 aromatic heterocycles. The second-order valence-electron chi connectivity index (χ2n) is 5.71. The average Bonchev–Trinajstić information content (AvgIpc) is 2.71. The van der Waals surface area contributed by atoms with Crippen LogP contribution in [0.2, 0.25) is 0 Å². The summed E-state index contributed by atoms with van der Waals surface area (Å²) in [6.45, 7) is 0.101. The quantitative estimate of drug-likeness (QED) is 0.774. The third-order valence-corrected chi connectivity index (χ3v) is 3.91. The molecule has 0 fully saturated rings. The minimum absolute atomic E-state index is 0.0507. The first-order valence-electron chi connectivity index (χ1n) is 8.07. The molecule has 0 bridgehead atoms. The second-order valence-corrected chi connectivity index (χ2v) is 5.71. The first-order valence-corrected chi connectivity index (χ1v) is 8.07. The number of carbonyl (C=O) groups excluding carboxylic acids is 2. The van der Waals surface area contributed by atoms with Gasteiger partial charge in [0.05, 0.1) is 0 Å². The van der Waals surface area contributed by atoms with Crippen molar-refractivity contribution >= 4 is 11.8 Å². The highest BCUT2D eigenvalue weighted by molar-refractivity contribution is 5.87. The number of ether oxygens (including phenoxy) is 4. The van der Waals surface area contributed by atoms with Crippen LogP contribution in [0.4, 0.5) is 0 Å². The highest BCUT2D eigenvalue weighted by atomic mass is 16.6. The molecule has 0 radical (unpaired) electrons. The molecule has 0 saturated heterocycles. The monoisotopic (exact) mass is 356 g/mol. The molecule has 134 valence electrons. The van der Waals surface area contributed by atoms with Crippen LogP contribution in [0.3, 0.4) is 0 Å². The van der Waals surface area contributed by atoms with Crippen LogP contribution >= 0.6 is 0 Å². The van der Waals surface area contributed by atoms with Crippen LogP contribution in [0.25, 0.3) is 0 Å². The van der Waals surface area contributed by atoms with Crippen molar-refractivity contribution in [2.75, 3.05) is 13.2 Å². The fourth-order valence-corrected chi connectivity index (χ4v) is 2.58. The van der Waals surface area contributed by atoms with Crippen molar-refractivity contribution in [2.45, 2.75) is 12.2 Å². The van der Waals surface area contributed by atoms with Gasteiger partial charge < -0.3 is 18.9 Å². The van der Waals surface area contributed by atoms with Crippen molar-refractivity contribution < 1.29 is 28.5 Å². The molecule has 4 rings (SSSR count). The molecule has 2 atom stereocenters. The van der Waals surface area contributed by atoms with Crippen LogP contribution in [-0.2, 0) is 9.59 Å². The Morgan fingerprint density at radius 2 is 1.08 bits per heavy atom.